The zero-order chi connectivity index (χ0) is 8.97. The molecule has 12 heavy (non-hydrogen) atoms. The highest BCUT2D eigenvalue weighted by atomic mass is 14.7. The maximum atomic E-state index is 8.49. The molecule has 62 valence electrons. The molecule has 0 saturated heterocycles. The molecule has 1 rings (SSSR count). The van der Waals surface area contributed by atoms with Crippen LogP contribution in [-0.2, 0) is 0 Å². The summed E-state index contributed by atoms with van der Waals surface area (Å²) in [6, 6.07) is 5.57. The van der Waals surface area contributed by atoms with Crippen molar-refractivity contribution in [3.63, 3.8) is 0 Å². The quantitative estimate of drug-likeness (QED) is 0.704. The van der Waals surface area contributed by atoms with Gasteiger partial charge in [0.25, 0.3) is 0 Å². The van der Waals surface area contributed by atoms with E-state index in [9.17, 15) is 0 Å². The molecule has 0 spiro atoms. The average Bonchev–Trinajstić information content (AvgIpc) is 2.17. The molecule has 1 aromatic heterocycles. The van der Waals surface area contributed by atoms with Crippen molar-refractivity contribution in [1.82, 2.24) is 4.98 Å². The molecule has 1 unspecified atom stereocenters. The Balaban J connectivity index is 2.86. The van der Waals surface area contributed by atoms with Crippen molar-refractivity contribution < 1.29 is 0 Å². The second-order valence-electron chi connectivity index (χ2n) is 2.73. The molecule has 3 heteroatoms. The Morgan fingerprint density at radius 2 is 2.42 bits per heavy atom. The smallest absolute Gasteiger partial charge is 0.140 e. The van der Waals surface area contributed by atoms with Gasteiger partial charge in [-0.25, -0.2) is 4.98 Å². The van der Waals surface area contributed by atoms with Gasteiger partial charge in [-0.3, -0.25) is 0 Å². The average molecular weight is 161 g/mol. The third-order valence-electron chi connectivity index (χ3n) is 1.82. The fourth-order valence-corrected chi connectivity index (χ4v) is 0.899. The lowest BCUT2D eigenvalue weighted by atomic mass is 10.0. The first kappa shape index (κ1) is 8.69. The van der Waals surface area contributed by atoms with Crippen molar-refractivity contribution in [3.05, 3.63) is 29.6 Å². The van der Waals surface area contributed by atoms with E-state index in [2.05, 4.69) is 4.98 Å². The van der Waals surface area contributed by atoms with Crippen LogP contribution < -0.4 is 5.73 Å². The molecule has 0 aliphatic rings. The van der Waals surface area contributed by atoms with E-state index < -0.39 is 0 Å². The molecule has 2 N–H and O–H groups in total. The molecule has 1 heterocycles. The normalized spacial score (nSPS) is 12.1. The third-order valence-corrected chi connectivity index (χ3v) is 1.82. The monoisotopic (exact) mass is 161 g/mol. The van der Waals surface area contributed by atoms with Gasteiger partial charge in [-0.1, -0.05) is 13.0 Å². The van der Waals surface area contributed by atoms with Crippen LogP contribution in [0, 0.1) is 11.3 Å². The zero-order valence-electron chi connectivity index (χ0n) is 6.99. The second-order valence-corrected chi connectivity index (χ2v) is 2.73. The highest BCUT2D eigenvalue weighted by Gasteiger charge is 2.02. The van der Waals surface area contributed by atoms with Crippen molar-refractivity contribution >= 4 is 0 Å². The van der Waals surface area contributed by atoms with Crippen LogP contribution in [0.15, 0.2) is 18.3 Å². The Kier molecular flexibility index (Phi) is 2.78. The zero-order valence-corrected chi connectivity index (χ0v) is 6.99. The Morgan fingerprint density at radius 3 is 2.83 bits per heavy atom. The molecule has 0 amide bonds. The topological polar surface area (TPSA) is 62.7 Å². The van der Waals surface area contributed by atoms with Crippen LogP contribution in [-0.4, -0.2) is 11.5 Å². The molecule has 0 saturated carbocycles. The lowest BCUT2D eigenvalue weighted by Gasteiger charge is -2.06. The van der Waals surface area contributed by atoms with Gasteiger partial charge in [0.1, 0.15) is 11.8 Å². The summed E-state index contributed by atoms with van der Waals surface area (Å²) in [5, 5.41) is 8.49. The molecule has 1 atom stereocenters. The lowest BCUT2D eigenvalue weighted by molar-refractivity contribution is 0.769. The molecule has 3 nitrogen and oxygen atoms in total. The Hall–Kier alpha value is -1.40. The van der Waals surface area contributed by atoms with E-state index in [0.29, 0.717) is 18.2 Å². The molecule has 0 bridgehead atoms. The Labute approximate surface area is 71.8 Å². The maximum Gasteiger partial charge on any atom is 0.140 e. The fraction of sp³-hybridized carbons (Fsp3) is 0.333. The number of hydrogen-bond acceptors (Lipinski definition) is 3. The Morgan fingerprint density at radius 1 is 1.67 bits per heavy atom. The van der Waals surface area contributed by atoms with Crippen molar-refractivity contribution in [1.29, 1.82) is 5.26 Å². The van der Waals surface area contributed by atoms with Gasteiger partial charge in [-0.05, 0) is 24.1 Å². The van der Waals surface area contributed by atoms with Crippen LogP contribution in [0.5, 0.6) is 0 Å². The minimum Gasteiger partial charge on any atom is -0.330 e. The van der Waals surface area contributed by atoms with Crippen LogP contribution in [0.1, 0.15) is 24.1 Å². The largest absolute Gasteiger partial charge is 0.330 e. The van der Waals surface area contributed by atoms with Gasteiger partial charge in [0.05, 0.1) is 0 Å². The summed E-state index contributed by atoms with van der Waals surface area (Å²) in [6.45, 7) is 2.64. The van der Waals surface area contributed by atoms with Gasteiger partial charge < -0.3 is 5.73 Å². The fourth-order valence-electron chi connectivity index (χ4n) is 0.899. The standard InChI is InChI=1S/C9H11N3/c1-7(4-10)8-2-3-9(5-11)12-6-8/h2-3,6-7H,4,10H2,1H3. The maximum absolute atomic E-state index is 8.49. The SMILES string of the molecule is CC(CN)c1ccc(C#N)nc1. The van der Waals surface area contributed by atoms with Gasteiger partial charge >= 0.3 is 0 Å². The summed E-state index contributed by atoms with van der Waals surface area (Å²) in [5.74, 6) is 0.310. The summed E-state index contributed by atoms with van der Waals surface area (Å²) in [4.78, 5) is 3.95. The predicted molar refractivity (Wildman–Crippen MR) is 46.4 cm³/mol. The number of rotatable bonds is 2. The Bertz CT molecular complexity index is 284. The van der Waals surface area contributed by atoms with Gasteiger partial charge in [0.15, 0.2) is 0 Å². The van der Waals surface area contributed by atoms with Gasteiger partial charge in [-0.2, -0.15) is 5.26 Å². The molecule has 0 aliphatic heterocycles. The van der Waals surface area contributed by atoms with Crippen LogP contribution in [0.2, 0.25) is 0 Å². The van der Waals surface area contributed by atoms with E-state index in [4.69, 9.17) is 11.0 Å². The van der Waals surface area contributed by atoms with Crippen molar-refractivity contribution in [2.24, 2.45) is 5.73 Å². The number of nitrogens with two attached hydrogens (primary N) is 1. The van der Waals surface area contributed by atoms with E-state index in [1.54, 1.807) is 12.3 Å². The van der Waals surface area contributed by atoms with Crippen LogP contribution >= 0.6 is 0 Å². The van der Waals surface area contributed by atoms with Gasteiger partial charge in [-0.15, -0.1) is 0 Å². The molecule has 1 aromatic rings. The van der Waals surface area contributed by atoms with E-state index in [-0.39, 0.29) is 0 Å². The third kappa shape index (κ3) is 1.80. The molecular weight excluding hydrogens is 150 g/mol. The second kappa shape index (κ2) is 3.84. The molecule has 0 aromatic carbocycles. The predicted octanol–water partition coefficient (Wildman–Crippen LogP) is 1.02. The highest BCUT2D eigenvalue weighted by Crippen LogP contribution is 2.11. The van der Waals surface area contributed by atoms with E-state index in [1.807, 2.05) is 19.1 Å². The minimum absolute atomic E-state index is 0.310. The van der Waals surface area contributed by atoms with E-state index in [1.165, 1.54) is 0 Å². The van der Waals surface area contributed by atoms with Crippen molar-refractivity contribution in [2.75, 3.05) is 6.54 Å². The van der Waals surface area contributed by atoms with Gasteiger partial charge in [0, 0.05) is 6.20 Å². The summed E-state index contributed by atoms with van der Waals surface area (Å²) in [6.07, 6.45) is 1.70. The van der Waals surface area contributed by atoms with Crippen LogP contribution in [0.3, 0.4) is 0 Å². The van der Waals surface area contributed by atoms with Crippen molar-refractivity contribution in [2.45, 2.75) is 12.8 Å². The number of aromatic nitrogens is 1. The first-order valence-corrected chi connectivity index (χ1v) is 3.84. The summed E-state index contributed by atoms with van der Waals surface area (Å²) in [5.41, 5.74) is 7.01. The van der Waals surface area contributed by atoms with Crippen LogP contribution in [0.25, 0.3) is 0 Å². The molecular formula is C9H11N3. The first-order valence-electron chi connectivity index (χ1n) is 3.84. The van der Waals surface area contributed by atoms with E-state index in [0.717, 1.165) is 5.56 Å². The van der Waals surface area contributed by atoms with E-state index >= 15 is 0 Å². The summed E-state index contributed by atoms with van der Waals surface area (Å²) >= 11 is 0. The first-order chi connectivity index (χ1) is 5.77. The molecule has 0 aliphatic carbocycles. The lowest BCUT2D eigenvalue weighted by Crippen LogP contribution is -2.09. The minimum atomic E-state index is 0.310. The number of hydrogen-bond donors (Lipinski definition) is 1. The van der Waals surface area contributed by atoms with Gasteiger partial charge in [0.2, 0.25) is 0 Å². The molecule has 0 radical (unpaired) electrons. The summed E-state index contributed by atoms with van der Waals surface area (Å²) in [7, 11) is 0. The highest BCUT2D eigenvalue weighted by molar-refractivity contribution is 5.24. The number of pyridine rings is 1. The number of nitriles is 1. The summed E-state index contributed by atoms with van der Waals surface area (Å²) < 4.78 is 0. The number of nitrogens with zero attached hydrogens (tertiary/aromatic N) is 2. The van der Waals surface area contributed by atoms with Crippen LogP contribution in [0.4, 0.5) is 0 Å². The van der Waals surface area contributed by atoms with Crippen molar-refractivity contribution in [3.8, 4) is 6.07 Å². The molecule has 0 fully saturated rings.